The van der Waals surface area contributed by atoms with Crippen molar-refractivity contribution in [2.24, 2.45) is 0 Å². The second-order valence-electron chi connectivity index (χ2n) is 7.21. The summed E-state index contributed by atoms with van der Waals surface area (Å²) in [4.78, 5) is 12.3. The highest BCUT2D eigenvalue weighted by Crippen LogP contribution is 2.34. The van der Waals surface area contributed by atoms with Gasteiger partial charge in [0.05, 0.1) is 19.2 Å². The maximum absolute atomic E-state index is 12.3. The molecule has 0 amide bonds. The molecular weight excluding hydrogens is 410 g/mol. The van der Waals surface area contributed by atoms with E-state index >= 15 is 0 Å². The number of benzene rings is 2. The van der Waals surface area contributed by atoms with Crippen LogP contribution < -0.4 is 0 Å². The van der Waals surface area contributed by atoms with Gasteiger partial charge in [-0.1, -0.05) is 41.9 Å². The topological polar surface area (TPSA) is 58.3 Å². The molecule has 2 aliphatic rings. The molecule has 0 saturated carbocycles. The van der Waals surface area contributed by atoms with E-state index in [1.54, 1.807) is 4.68 Å². The number of ketones is 1. The molecule has 0 aliphatic carbocycles. The molecule has 148 valence electrons. The van der Waals surface area contributed by atoms with E-state index in [9.17, 15) is 4.79 Å². The second-order valence-corrected chi connectivity index (χ2v) is 8.01. The van der Waals surface area contributed by atoms with Crippen molar-refractivity contribution in [1.29, 1.82) is 0 Å². The number of aromatic nitrogens is 3. The van der Waals surface area contributed by atoms with Gasteiger partial charge >= 0.3 is 0 Å². The number of fused-ring (bicyclic) bond motifs is 2. The lowest BCUT2D eigenvalue weighted by atomic mass is 10.0. The van der Waals surface area contributed by atoms with Gasteiger partial charge in [0, 0.05) is 17.0 Å². The van der Waals surface area contributed by atoms with E-state index in [1.165, 1.54) is 0 Å². The Labute approximate surface area is 177 Å². The largest absolute Gasteiger partial charge is 0.343 e. The maximum Gasteiger partial charge on any atom is 0.218 e. The van der Waals surface area contributed by atoms with E-state index in [1.807, 2.05) is 59.2 Å². The Kier molecular flexibility index (Phi) is 4.83. The van der Waals surface area contributed by atoms with Crippen LogP contribution >= 0.6 is 23.8 Å². The molecule has 1 aromatic heterocycles. The number of halogens is 1. The van der Waals surface area contributed by atoms with Gasteiger partial charge in [0.1, 0.15) is 6.10 Å². The molecule has 2 saturated heterocycles. The first-order valence-electron chi connectivity index (χ1n) is 9.39. The number of hydrogen-bond donors (Lipinski definition) is 0. The fourth-order valence-corrected chi connectivity index (χ4v) is 4.27. The van der Waals surface area contributed by atoms with Gasteiger partial charge in [-0.25, -0.2) is 4.68 Å². The summed E-state index contributed by atoms with van der Waals surface area (Å²) in [5.74, 6) is 0.653. The molecule has 3 unspecified atom stereocenters. The zero-order valence-electron chi connectivity index (χ0n) is 15.4. The van der Waals surface area contributed by atoms with E-state index in [4.69, 9.17) is 38.4 Å². The van der Waals surface area contributed by atoms with Crippen molar-refractivity contribution in [1.82, 2.24) is 14.3 Å². The molecule has 2 aliphatic heterocycles. The summed E-state index contributed by atoms with van der Waals surface area (Å²) in [6, 6.07) is 17.3. The van der Waals surface area contributed by atoms with Crippen molar-refractivity contribution < 1.29 is 14.3 Å². The third-order valence-electron chi connectivity index (χ3n) is 5.30. The quantitative estimate of drug-likeness (QED) is 0.588. The highest BCUT2D eigenvalue weighted by atomic mass is 35.5. The summed E-state index contributed by atoms with van der Waals surface area (Å²) in [5.41, 5.74) is 2.01. The van der Waals surface area contributed by atoms with Gasteiger partial charge in [-0.3, -0.25) is 9.36 Å². The molecule has 2 bridgehead atoms. The molecule has 2 fully saturated rings. The lowest BCUT2D eigenvalue weighted by Crippen LogP contribution is -2.37. The van der Waals surface area contributed by atoms with Crippen molar-refractivity contribution in [2.75, 3.05) is 6.61 Å². The van der Waals surface area contributed by atoms with Crippen LogP contribution in [0.15, 0.2) is 54.6 Å². The molecule has 3 aromatic rings. The zero-order valence-corrected chi connectivity index (χ0v) is 17.0. The average molecular weight is 428 g/mol. The number of ether oxygens (including phenoxy) is 2. The molecule has 0 spiro atoms. The van der Waals surface area contributed by atoms with Gasteiger partial charge in [0.2, 0.25) is 6.29 Å². The van der Waals surface area contributed by atoms with Crippen molar-refractivity contribution in [3.63, 3.8) is 0 Å². The number of rotatable bonds is 4. The maximum atomic E-state index is 12.3. The first-order chi connectivity index (χ1) is 14.1. The smallest absolute Gasteiger partial charge is 0.218 e. The van der Waals surface area contributed by atoms with Gasteiger partial charge in [0.25, 0.3) is 0 Å². The summed E-state index contributed by atoms with van der Waals surface area (Å²) in [7, 11) is 0. The van der Waals surface area contributed by atoms with Crippen LogP contribution in [0.1, 0.15) is 18.0 Å². The van der Waals surface area contributed by atoms with Gasteiger partial charge in [-0.2, -0.15) is 5.10 Å². The van der Waals surface area contributed by atoms with Gasteiger partial charge in [-0.05, 0) is 42.0 Å². The van der Waals surface area contributed by atoms with E-state index in [0.717, 1.165) is 17.0 Å². The Bertz CT molecular complexity index is 1110. The number of carbonyl (C=O) groups excluding carboxylic acids is 1. The summed E-state index contributed by atoms with van der Waals surface area (Å²) in [5, 5.41) is 5.48. The summed E-state index contributed by atoms with van der Waals surface area (Å²) >= 11 is 11.9. The third kappa shape index (κ3) is 3.44. The fraction of sp³-hybridized carbons (Fsp3) is 0.286. The number of carbonyl (C=O) groups is 1. The molecule has 8 heteroatoms. The Hall–Kier alpha value is -2.32. The van der Waals surface area contributed by atoms with E-state index < -0.39 is 6.29 Å². The second kappa shape index (κ2) is 7.50. The first kappa shape index (κ1) is 18.7. The van der Waals surface area contributed by atoms with Crippen molar-refractivity contribution >= 4 is 29.6 Å². The SMILES string of the molecule is O=C1CC(n2nc(-c3ccc(Cl)cc3)n(Cc3ccccc3)c2=S)C2COC1O2. The Morgan fingerprint density at radius 2 is 1.90 bits per heavy atom. The minimum absolute atomic E-state index is 0.0729. The normalized spacial score (nSPS) is 23.5. The number of nitrogens with zero attached hydrogens (tertiary/aromatic N) is 3. The molecule has 3 atom stereocenters. The van der Waals surface area contributed by atoms with Crippen LogP contribution in [0.4, 0.5) is 0 Å². The molecule has 3 heterocycles. The van der Waals surface area contributed by atoms with Crippen LogP contribution in [-0.2, 0) is 20.8 Å². The van der Waals surface area contributed by atoms with Gasteiger partial charge in [-0.15, -0.1) is 0 Å². The van der Waals surface area contributed by atoms with Crippen LogP contribution in [0.2, 0.25) is 5.02 Å². The molecule has 29 heavy (non-hydrogen) atoms. The van der Waals surface area contributed by atoms with Crippen LogP contribution in [0.25, 0.3) is 11.4 Å². The lowest BCUT2D eigenvalue weighted by molar-refractivity contribution is -0.156. The van der Waals surface area contributed by atoms with Crippen molar-refractivity contribution in [3.05, 3.63) is 70.0 Å². The average Bonchev–Trinajstić information content (AvgIpc) is 3.30. The Morgan fingerprint density at radius 1 is 1.14 bits per heavy atom. The summed E-state index contributed by atoms with van der Waals surface area (Å²) < 4.78 is 15.4. The molecular formula is C21H18ClN3O3S. The van der Waals surface area contributed by atoms with Crippen LogP contribution in [0.3, 0.4) is 0 Å². The standard InChI is InChI=1S/C21H18ClN3O3S/c22-15-8-6-14(7-9-15)19-23-25(16-10-17(26)20-27-12-18(16)28-20)21(29)24(19)11-13-4-2-1-3-5-13/h1-9,16,18,20H,10-12H2. The van der Waals surface area contributed by atoms with Crippen molar-refractivity contribution in [2.45, 2.75) is 31.4 Å². The first-order valence-corrected chi connectivity index (χ1v) is 10.2. The number of hydrogen-bond acceptors (Lipinski definition) is 5. The third-order valence-corrected chi connectivity index (χ3v) is 5.96. The molecule has 5 rings (SSSR count). The van der Waals surface area contributed by atoms with Crippen molar-refractivity contribution in [3.8, 4) is 11.4 Å². The minimum Gasteiger partial charge on any atom is -0.343 e. The van der Waals surface area contributed by atoms with E-state index in [-0.39, 0.29) is 17.9 Å². The highest BCUT2D eigenvalue weighted by Gasteiger charge is 2.45. The van der Waals surface area contributed by atoms with Gasteiger partial charge < -0.3 is 9.47 Å². The fourth-order valence-electron chi connectivity index (χ4n) is 3.82. The molecule has 0 N–H and O–H groups in total. The van der Waals surface area contributed by atoms with E-state index in [0.29, 0.717) is 29.4 Å². The van der Waals surface area contributed by atoms with Crippen LogP contribution in [-0.4, -0.2) is 39.1 Å². The lowest BCUT2D eigenvalue weighted by Gasteiger charge is -2.26. The zero-order chi connectivity index (χ0) is 20.0. The van der Waals surface area contributed by atoms with E-state index in [2.05, 4.69) is 0 Å². The molecule has 6 nitrogen and oxygen atoms in total. The Balaban J connectivity index is 1.61. The van der Waals surface area contributed by atoms with Gasteiger partial charge in [0.15, 0.2) is 16.4 Å². The summed E-state index contributed by atoms with van der Waals surface area (Å²) in [6.07, 6.45) is -0.679. The molecule has 0 radical (unpaired) electrons. The summed E-state index contributed by atoms with van der Waals surface area (Å²) in [6.45, 7) is 0.938. The van der Waals surface area contributed by atoms with Crippen LogP contribution in [0.5, 0.6) is 0 Å². The minimum atomic E-state index is -0.743. The monoisotopic (exact) mass is 427 g/mol. The number of Topliss-reactive ketones (excluding diaryl/α,β-unsaturated/α-hetero) is 1. The highest BCUT2D eigenvalue weighted by molar-refractivity contribution is 7.71. The predicted molar refractivity (Wildman–Crippen MR) is 110 cm³/mol. The molecule has 2 aromatic carbocycles. The Morgan fingerprint density at radius 3 is 2.66 bits per heavy atom. The predicted octanol–water partition coefficient (Wildman–Crippen LogP) is 4.04. The van der Waals surface area contributed by atoms with Crippen LogP contribution in [0, 0.1) is 4.77 Å².